The first kappa shape index (κ1) is 25.6. The molecule has 0 heterocycles. The van der Waals surface area contributed by atoms with Gasteiger partial charge < -0.3 is 24.8 Å². The Hall–Kier alpha value is -4.04. The van der Waals surface area contributed by atoms with Crippen molar-refractivity contribution in [3.8, 4) is 11.5 Å². The van der Waals surface area contributed by atoms with E-state index >= 15 is 0 Å². The van der Waals surface area contributed by atoms with Gasteiger partial charge in [-0.1, -0.05) is 41.9 Å². The molecule has 0 radical (unpaired) electrons. The quantitative estimate of drug-likeness (QED) is 0.409. The molecule has 3 aromatic rings. The van der Waals surface area contributed by atoms with Crippen LogP contribution in [0.4, 0.5) is 5.69 Å². The van der Waals surface area contributed by atoms with Crippen LogP contribution in [0.2, 0.25) is 5.02 Å². The molecule has 0 aromatic heterocycles. The predicted octanol–water partition coefficient (Wildman–Crippen LogP) is 4.15. The van der Waals surface area contributed by atoms with Gasteiger partial charge in [-0.2, -0.15) is 0 Å². The smallest absolute Gasteiger partial charge is 0.342 e. The molecule has 0 aliphatic heterocycles. The average Bonchev–Trinajstić information content (AvgIpc) is 2.86. The van der Waals surface area contributed by atoms with E-state index in [9.17, 15) is 14.4 Å². The number of carbonyl (C=O) groups excluding carboxylic acids is 3. The van der Waals surface area contributed by atoms with Gasteiger partial charge in [-0.3, -0.25) is 9.59 Å². The molecule has 9 heteroatoms. The summed E-state index contributed by atoms with van der Waals surface area (Å²) in [5.41, 5.74) is 2.49. The second-order valence-corrected chi connectivity index (χ2v) is 7.95. The zero-order chi connectivity index (χ0) is 25.2. The van der Waals surface area contributed by atoms with E-state index in [1.807, 2.05) is 25.1 Å². The predicted molar refractivity (Wildman–Crippen MR) is 132 cm³/mol. The summed E-state index contributed by atoms with van der Waals surface area (Å²) in [6, 6.07) is 19.0. The molecule has 3 aromatic carbocycles. The first-order valence-corrected chi connectivity index (χ1v) is 11.1. The number of nitrogens with one attached hydrogen (secondary N) is 2. The minimum absolute atomic E-state index is 0.179. The number of halogens is 1. The Balaban J connectivity index is 1.48. The highest BCUT2D eigenvalue weighted by molar-refractivity contribution is 6.30. The van der Waals surface area contributed by atoms with Crippen molar-refractivity contribution >= 4 is 35.1 Å². The fourth-order valence-electron chi connectivity index (χ4n) is 3.06. The molecule has 0 saturated heterocycles. The van der Waals surface area contributed by atoms with Crippen LogP contribution in [0.25, 0.3) is 0 Å². The fourth-order valence-corrected chi connectivity index (χ4v) is 3.18. The molecule has 0 fully saturated rings. The molecule has 2 N–H and O–H groups in total. The van der Waals surface area contributed by atoms with Crippen molar-refractivity contribution in [3.63, 3.8) is 0 Å². The summed E-state index contributed by atoms with van der Waals surface area (Å²) >= 11 is 5.89. The molecule has 0 spiro atoms. The van der Waals surface area contributed by atoms with Gasteiger partial charge in [0.25, 0.3) is 5.91 Å². The van der Waals surface area contributed by atoms with Gasteiger partial charge in [0.1, 0.15) is 23.7 Å². The maximum absolute atomic E-state index is 12.5. The number of para-hydroxylation sites is 1. The lowest BCUT2D eigenvalue weighted by Gasteiger charge is -2.12. The van der Waals surface area contributed by atoms with Crippen LogP contribution in [-0.2, 0) is 20.9 Å². The van der Waals surface area contributed by atoms with E-state index in [0.29, 0.717) is 22.2 Å². The summed E-state index contributed by atoms with van der Waals surface area (Å²) in [4.78, 5) is 36.8. The number of rotatable bonds is 10. The monoisotopic (exact) mass is 496 g/mol. The first-order chi connectivity index (χ1) is 16.9. The van der Waals surface area contributed by atoms with Crippen LogP contribution >= 0.6 is 11.6 Å². The average molecular weight is 497 g/mol. The lowest BCUT2D eigenvalue weighted by molar-refractivity contribution is -0.126. The number of amides is 2. The minimum Gasteiger partial charge on any atom is -0.495 e. The van der Waals surface area contributed by atoms with Gasteiger partial charge in [0.15, 0.2) is 6.61 Å². The molecular formula is C26H25ClN2O6. The molecule has 35 heavy (non-hydrogen) atoms. The number of ether oxygens (including phenoxy) is 3. The molecule has 0 bridgehead atoms. The van der Waals surface area contributed by atoms with Gasteiger partial charge in [-0.15, -0.1) is 0 Å². The summed E-state index contributed by atoms with van der Waals surface area (Å²) in [6.07, 6.45) is 0. The van der Waals surface area contributed by atoms with Gasteiger partial charge >= 0.3 is 5.97 Å². The Morgan fingerprint density at radius 3 is 2.40 bits per heavy atom. The van der Waals surface area contributed by atoms with Crippen molar-refractivity contribution in [2.75, 3.05) is 25.6 Å². The highest BCUT2D eigenvalue weighted by Crippen LogP contribution is 2.25. The maximum atomic E-state index is 12.5. The molecule has 3 rings (SSSR count). The summed E-state index contributed by atoms with van der Waals surface area (Å²) in [5, 5.41) is 5.71. The number of aryl methyl sites for hydroxylation is 1. The van der Waals surface area contributed by atoms with Crippen molar-refractivity contribution < 1.29 is 28.6 Å². The van der Waals surface area contributed by atoms with Crippen LogP contribution in [0.1, 0.15) is 21.5 Å². The highest BCUT2D eigenvalue weighted by Gasteiger charge is 2.16. The second-order valence-electron chi connectivity index (χ2n) is 7.52. The van der Waals surface area contributed by atoms with E-state index in [2.05, 4.69) is 10.6 Å². The zero-order valence-corrected chi connectivity index (χ0v) is 20.1. The molecule has 0 aliphatic rings. The second kappa shape index (κ2) is 12.4. The van der Waals surface area contributed by atoms with E-state index in [1.165, 1.54) is 7.11 Å². The fraction of sp³-hybridized carbons (Fsp3) is 0.192. The summed E-state index contributed by atoms with van der Waals surface area (Å²) in [6.45, 7) is 1.26. The van der Waals surface area contributed by atoms with Crippen LogP contribution in [0.5, 0.6) is 11.5 Å². The Bertz CT molecular complexity index is 1200. The number of methoxy groups -OCH3 is 1. The molecule has 0 saturated carbocycles. The van der Waals surface area contributed by atoms with Crippen molar-refractivity contribution in [2.24, 2.45) is 0 Å². The number of hydrogen-bond acceptors (Lipinski definition) is 6. The lowest BCUT2D eigenvalue weighted by Crippen LogP contribution is -2.35. The van der Waals surface area contributed by atoms with Crippen LogP contribution < -0.4 is 20.1 Å². The topological polar surface area (TPSA) is 103 Å². The standard InChI is InChI=1S/C26H25ClN2O6/c1-17-7-12-23(33-2)21(13-17)29-24(30)14-28-25(31)16-35-26(32)20-5-3-4-6-22(20)34-15-18-8-10-19(27)11-9-18/h3-13H,14-16H2,1-2H3,(H,28,31)(H,29,30). The van der Waals surface area contributed by atoms with Crippen molar-refractivity contribution in [1.82, 2.24) is 5.32 Å². The van der Waals surface area contributed by atoms with Crippen molar-refractivity contribution in [1.29, 1.82) is 0 Å². The SMILES string of the molecule is COc1ccc(C)cc1NC(=O)CNC(=O)COC(=O)c1ccccc1OCc1ccc(Cl)cc1. The number of esters is 1. The van der Waals surface area contributed by atoms with Gasteiger partial charge in [0, 0.05) is 5.02 Å². The summed E-state index contributed by atoms with van der Waals surface area (Å²) in [7, 11) is 1.50. The van der Waals surface area contributed by atoms with E-state index in [1.54, 1.807) is 48.5 Å². The minimum atomic E-state index is -0.721. The van der Waals surface area contributed by atoms with Gasteiger partial charge in [0.2, 0.25) is 5.91 Å². The normalized spacial score (nSPS) is 10.3. The number of anilines is 1. The van der Waals surface area contributed by atoms with E-state index < -0.39 is 24.4 Å². The number of benzene rings is 3. The third kappa shape index (κ3) is 7.75. The first-order valence-electron chi connectivity index (χ1n) is 10.7. The molecule has 0 atom stereocenters. The van der Waals surface area contributed by atoms with Crippen LogP contribution in [0.15, 0.2) is 66.7 Å². The van der Waals surface area contributed by atoms with Crippen molar-refractivity contribution in [2.45, 2.75) is 13.5 Å². The Morgan fingerprint density at radius 2 is 1.66 bits per heavy atom. The van der Waals surface area contributed by atoms with Gasteiger partial charge in [-0.25, -0.2) is 4.79 Å². The lowest BCUT2D eigenvalue weighted by atomic mass is 10.2. The summed E-state index contributed by atoms with van der Waals surface area (Å²) < 4.78 is 16.1. The molecule has 182 valence electrons. The largest absolute Gasteiger partial charge is 0.495 e. The van der Waals surface area contributed by atoms with Crippen LogP contribution in [0.3, 0.4) is 0 Å². The van der Waals surface area contributed by atoms with Crippen LogP contribution in [0, 0.1) is 6.92 Å². The zero-order valence-electron chi connectivity index (χ0n) is 19.3. The van der Waals surface area contributed by atoms with Crippen molar-refractivity contribution in [3.05, 3.63) is 88.4 Å². The molecule has 8 nitrogen and oxygen atoms in total. The number of carbonyl (C=O) groups is 3. The van der Waals surface area contributed by atoms with Gasteiger partial charge in [0.05, 0.1) is 19.3 Å². The Labute approximate surface area is 208 Å². The molecule has 0 aliphatic carbocycles. The molecule has 2 amide bonds. The van der Waals surface area contributed by atoms with E-state index in [-0.39, 0.29) is 18.7 Å². The third-order valence-electron chi connectivity index (χ3n) is 4.82. The maximum Gasteiger partial charge on any atom is 0.342 e. The molecule has 0 unspecified atom stereocenters. The summed E-state index contributed by atoms with van der Waals surface area (Å²) in [5.74, 6) is -0.972. The third-order valence-corrected chi connectivity index (χ3v) is 5.08. The van der Waals surface area contributed by atoms with E-state index in [4.69, 9.17) is 25.8 Å². The number of hydrogen-bond donors (Lipinski definition) is 2. The van der Waals surface area contributed by atoms with Crippen LogP contribution in [-0.4, -0.2) is 38.0 Å². The van der Waals surface area contributed by atoms with Gasteiger partial charge in [-0.05, 0) is 54.4 Å². The highest BCUT2D eigenvalue weighted by atomic mass is 35.5. The Morgan fingerprint density at radius 1 is 0.914 bits per heavy atom. The van der Waals surface area contributed by atoms with E-state index in [0.717, 1.165) is 11.1 Å². The molecular weight excluding hydrogens is 472 g/mol. The Kier molecular flexibility index (Phi) is 9.09.